The average molecular weight is 424 g/mol. The Hall–Kier alpha value is -3.23. The molecule has 8 heteroatoms. The van der Waals surface area contributed by atoms with Crippen molar-refractivity contribution < 1.29 is 18.7 Å². The third-order valence-corrected chi connectivity index (χ3v) is 5.64. The van der Waals surface area contributed by atoms with Gasteiger partial charge in [0, 0.05) is 42.8 Å². The fraction of sp³-hybridized carbons (Fsp3) is 0.304. The second-order valence-corrected chi connectivity index (χ2v) is 7.51. The molecule has 2 aromatic rings. The van der Waals surface area contributed by atoms with Crippen molar-refractivity contribution >= 4 is 11.5 Å². The maximum atomic E-state index is 13.7. The summed E-state index contributed by atoms with van der Waals surface area (Å²) in [7, 11) is 1.36. The summed E-state index contributed by atoms with van der Waals surface area (Å²) in [6.07, 6.45) is 7.24. The number of ether oxygens (including phenoxy) is 2. The zero-order chi connectivity index (χ0) is 21.8. The first-order chi connectivity index (χ1) is 15.0. The van der Waals surface area contributed by atoms with Crippen molar-refractivity contribution in [2.75, 3.05) is 33.4 Å². The Morgan fingerprint density at radius 3 is 2.71 bits per heavy atom. The number of aromatic nitrogens is 1. The molecule has 1 unspecified atom stereocenters. The molecule has 162 valence electrons. The SMILES string of the molecule is COc1cc(C(=O)NC2=CNC(C)(N3CCOCC3)C(c3ccncc3)=C2)ccc1F. The van der Waals surface area contributed by atoms with E-state index < -0.39 is 11.5 Å². The fourth-order valence-electron chi connectivity index (χ4n) is 3.88. The van der Waals surface area contributed by atoms with E-state index in [2.05, 4.69) is 27.4 Å². The van der Waals surface area contributed by atoms with Crippen molar-refractivity contribution in [3.8, 4) is 5.75 Å². The highest BCUT2D eigenvalue weighted by Gasteiger charge is 2.38. The number of allylic oxidation sites excluding steroid dienone is 1. The van der Waals surface area contributed by atoms with E-state index >= 15 is 0 Å². The lowest BCUT2D eigenvalue weighted by Gasteiger charge is -2.46. The maximum absolute atomic E-state index is 13.7. The number of pyridine rings is 1. The standard InChI is InChI=1S/C23H25FN4O3/c1-23(28-9-11-31-12-10-28)19(16-5-7-25-8-6-16)14-18(15-26-23)27-22(29)17-3-4-20(24)21(13-17)30-2/h3-8,13-15,26H,9-12H2,1-2H3,(H,27,29). The Labute approximate surface area is 180 Å². The Kier molecular flexibility index (Phi) is 6.01. The van der Waals surface area contributed by atoms with Gasteiger partial charge in [-0.2, -0.15) is 0 Å². The van der Waals surface area contributed by atoms with Crippen LogP contribution in [0.5, 0.6) is 5.75 Å². The smallest absolute Gasteiger partial charge is 0.255 e. The summed E-state index contributed by atoms with van der Waals surface area (Å²) in [6, 6.07) is 7.92. The molecular weight excluding hydrogens is 399 g/mol. The predicted molar refractivity (Wildman–Crippen MR) is 115 cm³/mol. The van der Waals surface area contributed by atoms with E-state index in [1.807, 2.05) is 18.2 Å². The van der Waals surface area contributed by atoms with Crippen molar-refractivity contribution in [1.82, 2.24) is 20.5 Å². The van der Waals surface area contributed by atoms with Crippen molar-refractivity contribution in [3.63, 3.8) is 0 Å². The van der Waals surface area contributed by atoms with Crippen LogP contribution in [0.15, 0.2) is 60.7 Å². The molecule has 3 heterocycles. The van der Waals surface area contributed by atoms with Crippen LogP contribution < -0.4 is 15.4 Å². The van der Waals surface area contributed by atoms with Gasteiger partial charge in [0.1, 0.15) is 5.66 Å². The van der Waals surface area contributed by atoms with Gasteiger partial charge in [-0.3, -0.25) is 14.7 Å². The molecule has 1 atom stereocenters. The molecule has 2 aliphatic heterocycles. The minimum Gasteiger partial charge on any atom is -0.494 e. The van der Waals surface area contributed by atoms with E-state index in [0.29, 0.717) is 24.5 Å². The molecule has 7 nitrogen and oxygen atoms in total. The van der Waals surface area contributed by atoms with Crippen molar-refractivity contribution in [2.45, 2.75) is 12.6 Å². The van der Waals surface area contributed by atoms with Gasteiger partial charge >= 0.3 is 0 Å². The second kappa shape index (κ2) is 8.87. The largest absolute Gasteiger partial charge is 0.494 e. The zero-order valence-electron chi connectivity index (χ0n) is 17.5. The lowest BCUT2D eigenvalue weighted by molar-refractivity contribution is -0.00395. The molecule has 1 amide bonds. The maximum Gasteiger partial charge on any atom is 0.255 e. The quantitative estimate of drug-likeness (QED) is 0.768. The highest BCUT2D eigenvalue weighted by atomic mass is 19.1. The van der Waals surface area contributed by atoms with Gasteiger partial charge in [0.2, 0.25) is 0 Å². The molecule has 0 aliphatic carbocycles. The predicted octanol–water partition coefficient (Wildman–Crippen LogP) is 2.54. The number of nitrogens with one attached hydrogen (secondary N) is 2. The molecule has 1 saturated heterocycles. The van der Waals surface area contributed by atoms with Gasteiger partial charge < -0.3 is 20.1 Å². The molecule has 2 aliphatic rings. The van der Waals surface area contributed by atoms with Gasteiger partial charge in [0.15, 0.2) is 11.6 Å². The Morgan fingerprint density at radius 1 is 1.26 bits per heavy atom. The van der Waals surface area contributed by atoms with Crippen LogP contribution in [0.3, 0.4) is 0 Å². The van der Waals surface area contributed by atoms with Gasteiger partial charge in [-0.15, -0.1) is 0 Å². The van der Waals surface area contributed by atoms with Crippen LogP contribution in [0, 0.1) is 5.82 Å². The fourth-order valence-corrected chi connectivity index (χ4v) is 3.88. The highest BCUT2D eigenvalue weighted by Crippen LogP contribution is 2.34. The summed E-state index contributed by atoms with van der Waals surface area (Å²) in [5, 5.41) is 6.37. The molecular formula is C23H25FN4O3. The normalized spacial score (nSPS) is 21.5. The number of halogens is 1. The molecule has 1 fully saturated rings. The molecule has 0 radical (unpaired) electrons. The van der Waals surface area contributed by atoms with Gasteiger partial charge in [-0.05, 0) is 48.9 Å². The summed E-state index contributed by atoms with van der Waals surface area (Å²) in [6.45, 7) is 5.03. The van der Waals surface area contributed by atoms with Crippen molar-refractivity contribution in [2.24, 2.45) is 0 Å². The number of nitrogens with zero attached hydrogens (tertiary/aromatic N) is 2. The number of hydrogen-bond acceptors (Lipinski definition) is 6. The Balaban J connectivity index is 1.62. The summed E-state index contributed by atoms with van der Waals surface area (Å²) in [4.78, 5) is 19.2. The van der Waals surface area contributed by atoms with Gasteiger partial charge in [-0.25, -0.2) is 4.39 Å². The molecule has 1 aromatic carbocycles. The van der Waals surface area contributed by atoms with Gasteiger partial charge in [0.25, 0.3) is 5.91 Å². The monoisotopic (exact) mass is 424 g/mol. The molecule has 31 heavy (non-hydrogen) atoms. The Morgan fingerprint density at radius 2 is 2.00 bits per heavy atom. The van der Waals surface area contributed by atoms with Gasteiger partial charge in [0.05, 0.1) is 26.0 Å². The van der Waals surface area contributed by atoms with E-state index in [4.69, 9.17) is 9.47 Å². The minimum atomic E-state index is -0.515. The van der Waals surface area contributed by atoms with Crippen LogP contribution in [-0.2, 0) is 4.74 Å². The first-order valence-electron chi connectivity index (χ1n) is 10.1. The highest BCUT2D eigenvalue weighted by molar-refractivity contribution is 5.96. The number of benzene rings is 1. The van der Waals surface area contributed by atoms with Crippen LogP contribution in [-0.4, -0.2) is 54.9 Å². The summed E-state index contributed by atoms with van der Waals surface area (Å²) >= 11 is 0. The number of methoxy groups -OCH3 is 1. The molecule has 0 bridgehead atoms. The van der Waals surface area contributed by atoms with Crippen LogP contribution in [0.4, 0.5) is 4.39 Å². The van der Waals surface area contributed by atoms with E-state index in [1.165, 1.54) is 25.3 Å². The number of hydrogen-bond donors (Lipinski definition) is 2. The van der Waals surface area contributed by atoms with E-state index in [9.17, 15) is 9.18 Å². The van der Waals surface area contributed by atoms with Crippen LogP contribution in [0.1, 0.15) is 22.8 Å². The molecule has 4 rings (SSSR count). The van der Waals surface area contributed by atoms with E-state index in [-0.39, 0.29) is 11.7 Å². The number of dihydropyridines is 1. The molecule has 0 spiro atoms. The number of amides is 1. The van der Waals surface area contributed by atoms with Crippen LogP contribution in [0.2, 0.25) is 0 Å². The molecule has 1 aromatic heterocycles. The van der Waals surface area contributed by atoms with E-state index in [0.717, 1.165) is 24.2 Å². The average Bonchev–Trinajstić information content (AvgIpc) is 2.81. The van der Waals surface area contributed by atoms with Crippen molar-refractivity contribution in [3.05, 3.63) is 77.6 Å². The van der Waals surface area contributed by atoms with Crippen LogP contribution >= 0.6 is 0 Å². The first-order valence-corrected chi connectivity index (χ1v) is 10.1. The van der Waals surface area contributed by atoms with Crippen molar-refractivity contribution in [1.29, 1.82) is 0 Å². The summed E-state index contributed by atoms with van der Waals surface area (Å²) in [5.74, 6) is -0.846. The third-order valence-electron chi connectivity index (χ3n) is 5.64. The number of carbonyl (C=O) groups is 1. The van der Waals surface area contributed by atoms with Crippen LogP contribution in [0.25, 0.3) is 5.57 Å². The minimum absolute atomic E-state index is 0.0244. The summed E-state index contributed by atoms with van der Waals surface area (Å²) < 4.78 is 24.2. The topological polar surface area (TPSA) is 75.7 Å². The molecule has 0 saturated carbocycles. The third kappa shape index (κ3) is 4.30. The van der Waals surface area contributed by atoms with Gasteiger partial charge in [-0.1, -0.05) is 0 Å². The summed E-state index contributed by atoms with van der Waals surface area (Å²) in [5.41, 5.74) is 2.44. The molecule has 2 N–H and O–H groups in total. The Bertz CT molecular complexity index is 1020. The van der Waals surface area contributed by atoms with E-state index in [1.54, 1.807) is 18.6 Å². The second-order valence-electron chi connectivity index (χ2n) is 7.51. The lowest BCUT2D eigenvalue weighted by Crippen LogP contribution is -2.60. The first kappa shape index (κ1) is 21.0. The lowest BCUT2D eigenvalue weighted by atomic mass is 9.89. The number of morpholine rings is 1. The zero-order valence-corrected chi connectivity index (χ0v) is 17.5. The number of rotatable bonds is 5. The number of carbonyl (C=O) groups excluding carboxylic acids is 1.